The maximum Gasteiger partial charge on any atom is 0.0708 e. The van der Waals surface area contributed by atoms with Crippen molar-refractivity contribution in [3.8, 4) is 0 Å². The van der Waals surface area contributed by atoms with Crippen molar-refractivity contribution in [3.05, 3.63) is 0 Å². The van der Waals surface area contributed by atoms with E-state index in [9.17, 15) is 0 Å². The fourth-order valence-electron chi connectivity index (χ4n) is 1.30. The first-order chi connectivity index (χ1) is 7.39. The van der Waals surface area contributed by atoms with Crippen LogP contribution in [0.1, 0.15) is 53.9 Å². The molecular formula is C13H28O3. The number of hydrogen-bond donors (Lipinski definition) is 1. The lowest BCUT2D eigenvalue weighted by atomic mass is 9.99. The molecular weight excluding hydrogens is 204 g/mol. The van der Waals surface area contributed by atoms with E-state index in [1.807, 2.05) is 6.92 Å². The Labute approximate surface area is 100 Å². The van der Waals surface area contributed by atoms with Gasteiger partial charge in [0.05, 0.1) is 24.4 Å². The molecule has 0 bridgehead atoms. The van der Waals surface area contributed by atoms with Crippen LogP contribution in [-0.4, -0.2) is 36.1 Å². The molecule has 1 atom stereocenters. The van der Waals surface area contributed by atoms with Gasteiger partial charge >= 0.3 is 0 Å². The van der Waals surface area contributed by atoms with Gasteiger partial charge in [-0.25, -0.2) is 0 Å². The quantitative estimate of drug-likeness (QED) is 0.621. The molecule has 0 aromatic carbocycles. The molecule has 0 spiro atoms. The summed E-state index contributed by atoms with van der Waals surface area (Å²) in [5.74, 6) is 0. The lowest BCUT2D eigenvalue weighted by molar-refractivity contribution is -0.0984. The van der Waals surface area contributed by atoms with Gasteiger partial charge in [-0.15, -0.1) is 0 Å². The van der Waals surface area contributed by atoms with Crippen molar-refractivity contribution in [2.24, 2.45) is 0 Å². The van der Waals surface area contributed by atoms with Crippen molar-refractivity contribution >= 4 is 0 Å². The number of hydrogen-bond acceptors (Lipinski definition) is 3. The molecule has 0 aliphatic carbocycles. The molecule has 0 aromatic heterocycles. The van der Waals surface area contributed by atoms with E-state index in [2.05, 4.69) is 27.7 Å². The number of aliphatic hydroxyl groups is 1. The third-order valence-corrected chi connectivity index (χ3v) is 3.27. The van der Waals surface area contributed by atoms with Crippen LogP contribution in [0.25, 0.3) is 0 Å². The zero-order valence-electron chi connectivity index (χ0n) is 11.5. The smallest absolute Gasteiger partial charge is 0.0708 e. The number of aliphatic hydroxyl groups excluding tert-OH is 1. The van der Waals surface area contributed by atoms with Gasteiger partial charge in [-0.05, 0) is 40.0 Å². The molecule has 0 radical (unpaired) electrons. The van der Waals surface area contributed by atoms with Crippen LogP contribution in [0.3, 0.4) is 0 Å². The van der Waals surface area contributed by atoms with Crippen molar-refractivity contribution in [2.75, 3.05) is 19.8 Å². The van der Waals surface area contributed by atoms with Crippen LogP contribution < -0.4 is 0 Å². The van der Waals surface area contributed by atoms with Gasteiger partial charge in [0.15, 0.2) is 0 Å². The third kappa shape index (κ3) is 6.46. The number of rotatable bonds is 9. The Morgan fingerprint density at radius 1 is 0.938 bits per heavy atom. The second-order valence-corrected chi connectivity index (χ2v) is 5.09. The summed E-state index contributed by atoms with van der Waals surface area (Å²) in [5, 5.41) is 8.95. The van der Waals surface area contributed by atoms with Crippen LogP contribution in [0.15, 0.2) is 0 Å². The van der Waals surface area contributed by atoms with Gasteiger partial charge in [0.25, 0.3) is 0 Å². The van der Waals surface area contributed by atoms with Crippen molar-refractivity contribution in [1.29, 1.82) is 0 Å². The van der Waals surface area contributed by atoms with E-state index in [0.29, 0.717) is 19.6 Å². The monoisotopic (exact) mass is 232 g/mol. The molecule has 1 N–H and O–H groups in total. The second kappa shape index (κ2) is 7.25. The van der Waals surface area contributed by atoms with Gasteiger partial charge < -0.3 is 14.6 Å². The van der Waals surface area contributed by atoms with Gasteiger partial charge in [-0.1, -0.05) is 13.8 Å². The van der Waals surface area contributed by atoms with Gasteiger partial charge in [0, 0.05) is 6.61 Å². The minimum Gasteiger partial charge on any atom is -0.396 e. The minimum absolute atomic E-state index is 0.0665. The first-order valence-electron chi connectivity index (χ1n) is 6.28. The standard InChI is InChI=1S/C13H28O3/c1-6-12(3,4)15-10-11-16-13(5,7-2)8-9-14/h14H,6-11H2,1-5H3. The first-order valence-corrected chi connectivity index (χ1v) is 6.28. The molecule has 98 valence electrons. The van der Waals surface area contributed by atoms with E-state index in [1.165, 1.54) is 0 Å². The molecule has 0 saturated heterocycles. The maximum atomic E-state index is 8.95. The average molecular weight is 232 g/mol. The Morgan fingerprint density at radius 2 is 1.50 bits per heavy atom. The van der Waals surface area contributed by atoms with E-state index in [-0.39, 0.29) is 17.8 Å². The number of ether oxygens (including phenoxy) is 2. The van der Waals surface area contributed by atoms with Crippen molar-refractivity contribution in [3.63, 3.8) is 0 Å². The summed E-state index contributed by atoms with van der Waals surface area (Å²) >= 11 is 0. The Hall–Kier alpha value is -0.120. The summed E-state index contributed by atoms with van der Waals surface area (Å²) in [6, 6.07) is 0. The highest BCUT2D eigenvalue weighted by atomic mass is 16.5. The zero-order valence-corrected chi connectivity index (χ0v) is 11.5. The lowest BCUT2D eigenvalue weighted by Gasteiger charge is -2.29. The third-order valence-electron chi connectivity index (χ3n) is 3.27. The highest BCUT2D eigenvalue weighted by Crippen LogP contribution is 2.20. The summed E-state index contributed by atoms with van der Waals surface area (Å²) in [4.78, 5) is 0. The Bertz CT molecular complexity index is 180. The Morgan fingerprint density at radius 3 is 1.94 bits per heavy atom. The van der Waals surface area contributed by atoms with Crippen LogP contribution in [0.2, 0.25) is 0 Å². The molecule has 0 aromatic rings. The van der Waals surface area contributed by atoms with Crippen molar-refractivity contribution in [1.82, 2.24) is 0 Å². The maximum absolute atomic E-state index is 8.95. The molecule has 0 heterocycles. The Kier molecular flexibility index (Phi) is 7.20. The fraction of sp³-hybridized carbons (Fsp3) is 1.00. The lowest BCUT2D eigenvalue weighted by Crippen LogP contribution is -2.32. The molecule has 1 unspecified atom stereocenters. The summed E-state index contributed by atoms with van der Waals surface area (Å²) in [6.45, 7) is 11.8. The summed E-state index contributed by atoms with van der Waals surface area (Å²) < 4.78 is 11.5. The molecule has 0 amide bonds. The van der Waals surface area contributed by atoms with E-state index in [0.717, 1.165) is 12.8 Å². The van der Waals surface area contributed by atoms with Gasteiger partial charge in [0.2, 0.25) is 0 Å². The molecule has 16 heavy (non-hydrogen) atoms. The van der Waals surface area contributed by atoms with Crippen molar-refractivity contribution < 1.29 is 14.6 Å². The van der Waals surface area contributed by atoms with E-state index >= 15 is 0 Å². The SMILES string of the molecule is CCC(C)(C)OCCOC(C)(CC)CCO. The minimum atomic E-state index is -0.214. The fourth-order valence-corrected chi connectivity index (χ4v) is 1.30. The topological polar surface area (TPSA) is 38.7 Å². The summed E-state index contributed by atoms with van der Waals surface area (Å²) in [5.41, 5.74) is -0.280. The van der Waals surface area contributed by atoms with Gasteiger partial charge in [-0.3, -0.25) is 0 Å². The summed E-state index contributed by atoms with van der Waals surface area (Å²) in [7, 11) is 0. The Balaban J connectivity index is 3.79. The molecule has 3 nitrogen and oxygen atoms in total. The van der Waals surface area contributed by atoms with Crippen LogP contribution in [0, 0.1) is 0 Å². The van der Waals surface area contributed by atoms with Crippen LogP contribution >= 0.6 is 0 Å². The van der Waals surface area contributed by atoms with Crippen LogP contribution in [-0.2, 0) is 9.47 Å². The molecule has 3 heteroatoms. The van der Waals surface area contributed by atoms with Crippen molar-refractivity contribution in [2.45, 2.75) is 65.1 Å². The predicted octanol–water partition coefficient (Wildman–Crippen LogP) is 2.76. The molecule has 0 fully saturated rings. The average Bonchev–Trinajstić information content (AvgIpc) is 2.25. The first kappa shape index (κ1) is 15.9. The highest BCUT2D eigenvalue weighted by molar-refractivity contribution is 4.72. The van der Waals surface area contributed by atoms with E-state index in [1.54, 1.807) is 0 Å². The van der Waals surface area contributed by atoms with E-state index < -0.39 is 0 Å². The predicted molar refractivity (Wildman–Crippen MR) is 66.7 cm³/mol. The van der Waals surface area contributed by atoms with Gasteiger partial charge in [-0.2, -0.15) is 0 Å². The zero-order chi connectivity index (χ0) is 12.7. The highest BCUT2D eigenvalue weighted by Gasteiger charge is 2.22. The van der Waals surface area contributed by atoms with Crippen LogP contribution in [0.5, 0.6) is 0 Å². The second-order valence-electron chi connectivity index (χ2n) is 5.09. The van der Waals surface area contributed by atoms with E-state index in [4.69, 9.17) is 14.6 Å². The largest absolute Gasteiger partial charge is 0.396 e. The molecule has 0 saturated carbocycles. The van der Waals surface area contributed by atoms with Gasteiger partial charge in [0.1, 0.15) is 0 Å². The molecule has 0 aliphatic rings. The van der Waals surface area contributed by atoms with Crippen LogP contribution in [0.4, 0.5) is 0 Å². The normalized spacial score (nSPS) is 16.1. The molecule has 0 aliphatic heterocycles. The molecule has 0 rings (SSSR count). The summed E-state index contributed by atoms with van der Waals surface area (Å²) in [6.07, 6.45) is 2.58.